The van der Waals surface area contributed by atoms with Gasteiger partial charge in [-0.25, -0.2) is 14.4 Å². The van der Waals surface area contributed by atoms with Crippen molar-refractivity contribution in [1.29, 1.82) is 0 Å². The van der Waals surface area contributed by atoms with Crippen LogP contribution in [-0.4, -0.2) is 34.9 Å². The van der Waals surface area contributed by atoms with E-state index in [4.69, 9.17) is 25.2 Å². The highest BCUT2D eigenvalue weighted by molar-refractivity contribution is 7.84. The Morgan fingerprint density at radius 2 is 1.96 bits per heavy atom. The monoisotopic (exact) mass is 430 g/mol. The van der Waals surface area contributed by atoms with Gasteiger partial charge in [0, 0.05) is 28.9 Å². The van der Waals surface area contributed by atoms with E-state index in [1.54, 1.807) is 52.1 Å². The summed E-state index contributed by atoms with van der Waals surface area (Å²) in [7, 11) is 0. The minimum Gasteiger partial charge on any atom is -0.465 e. The highest BCUT2D eigenvalue weighted by Gasteiger charge is 2.28. The second-order valence-corrected chi connectivity index (χ2v) is 9.80. The first-order chi connectivity index (χ1) is 12.9. The number of fused-ring (bicyclic) bond motifs is 1. The van der Waals surface area contributed by atoms with Crippen LogP contribution >= 0.6 is 18.1 Å². The van der Waals surface area contributed by atoms with Gasteiger partial charge in [0.05, 0.1) is 12.1 Å². The molecule has 0 saturated carbocycles. The fourth-order valence-corrected chi connectivity index (χ4v) is 4.03. The van der Waals surface area contributed by atoms with E-state index >= 15 is 0 Å². The molecule has 0 bridgehead atoms. The largest absolute Gasteiger partial charge is 0.465 e. The molecule has 8 nitrogen and oxygen atoms in total. The fraction of sp³-hybridized carbons (Fsp3) is 0.444. The summed E-state index contributed by atoms with van der Waals surface area (Å²) in [5.41, 5.74) is -0.150. The van der Waals surface area contributed by atoms with Crippen molar-refractivity contribution in [3.05, 3.63) is 30.5 Å². The van der Waals surface area contributed by atoms with Crippen LogP contribution in [0.25, 0.3) is 10.9 Å². The van der Waals surface area contributed by atoms with Crippen molar-refractivity contribution in [1.82, 2.24) is 9.65 Å². The van der Waals surface area contributed by atoms with Crippen molar-refractivity contribution in [2.24, 2.45) is 0 Å². The molecule has 0 radical (unpaired) electrons. The molecule has 0 aliphatic heterocycles. The normalized spacial score (nSPS) is 14.9. The second kappa shape index (κ2) is 8.55. The van der Waals surface area contributed by atoms with E-state index in [0.29, 0.717) is 5.52 Å². The van der Waals surface area contributed by atoms with Crippen LogP contribution in [0.1, 0.15) is 34.6 Å². The molecule has 2 aromatic rings. The number of ether oxygens (including phenoxy) is 2. The zero-order valence-electron chi connectivity index (χ0n) is 16.4. The van der Waals surface area contributed by atoms with E-state index in [0.717, 1.165) is 5.39 Å². The maximum Gasteiger partial charge on any atom is 0.418 e. The van der Waals surface area contributed by atoms with Gasteiger partial charge in [-0.2, -0.15) is 0 Å². The molecule has 1 aromatic heterocycles. The number of benzene rings is 1. The minimum atomic E-state index is -3.88. The van der Waals surface area contributed by atoms with Crippen LogP contribution in [0.5, 0.6) is 5.75 Å². The lowest BCUT2D eigenvalue weighted by molar-refractivity contribution is -0.144. The number of hydrogen-bond acceptors (Lipinski definition) is 6. The Morgan fingerprint density at radius 3 is 2.57 bits per heavy atom. The van der Waals surface area contributed by atoms with Crippen LogP contribution in [0.4, 0.5) is 4.79 Å². The van der Waals surface area contributed by atoms with E-state index in [2.05, 4.69) is 5.09 Å². The predicted octanol–water partition coefficient (Wildman–Crippen LogP) is 4.69. The Labute approximate surface area is 168 Å². The first-order valence-corrected chi connectivity index (χ1v) is 11.2. The number of nitrogens with one attached hydrogen (secondary N) is 1. The molecule has 2 rings (SSSR count). The maximum atomic E-state index is 12.5. The van der Waals surface area contributed by atoms with Gasteiger partial charge in [0.15, 0.2) is 0 Å². The Balaban J connectivity index is 2.21. The molecular formula is C18H24ClN2O6P. The van der Waals surface area contributed by atoms with Crippen LogP contribution in [0.15, 0.2) is 30.5 Å². The summed E-state index contributed by atoms with van der Waals surface area (Å²) in [6.45, 7) is 4.74. The van der Waals surface area contributed by atoms with E-state index in [1.165, 1.54) is 17.6 Å². The molecule has 0 fully saturated rings. The van der Waals surface area contributed by atoms with Gasteiger partial charge < -0.3 is 14.0 Å². The minimum absolute atomic E-state index is 0.165. The number of halogens is 1. The number of esters is 1. The molecule has 0 saturated heterocycles. The molecule has 1 N–H and O–H groups in total. The van der Waals surface area contributed by atoms with Gasteiger partial charge in [0.25, 0.3) is 0 Å². The quantitative estimate of drug-likeness (QED) is 0.524. The molecule has 0 aliphatic carbocycles. The molecule has 0 aliphatic rings. The lowest BCUT2D eigenvalue weighted by Crippen LogP contribution is -2.33. The van der Waals surface area contributed by atoms with Crippen molar-refractivity contribution in [3.8, 4) is 5.75 Å². The third-order valence-corrected chi connectivity index (χ3v) is 5.11. The average molecular weight is 431 g/mol. The molecule has 10 heteroatoms. The maximum absolute atomic E-state index is 12.5. The van der Waals surface area contributed by atoms with E-state index in [9.17, 15) is 14.2 Å². The summed E-state index contributed by atoms with van der Waals surface area (Å²) >= 11 is 5.94. The van der Waals surface area contributed by atoms with Gasteiger partial charge in [-0.1, -0.05) is 0 Å². The third kappa shape index (κ3) is 5.99. The molecule has 0 amide bonds. The Kier molecular flexibility index (Phi) is 6.80. The SMILES string of the molecule is CCOC(=O)[C@H](C)NP(=O)(Cl)Oc1ccc2ccn(C(=O)OC(C)(C)C)c2c1. The zero-order valence-corrected chi connectivity index (χ0v) is 18.0. The van der Waals surface area contributed by atoms with Gasteiger partial charge >= 0.3 is 18.9 Å². The van der Waals surface area contributed by atoms with Crippen LogP contribution in [0, 0.1) is 0 Å². The molecule has 2 atom stereocenters. The highest BCUT2D eigenvalue weighted by Crippen LogP contribution is 2.49. The summed E-state index contributed by atoms with van der Waals surface area (Å²) in [4.78, 5) is 24.0. The topological polar surface area (TPSA) is 95.9 Å². The van der Waals surface area contributed by atoms with Crippen LogP contribution < -0.4 is 9.61 Å². The summed E-state index contributed by atoms with van der Waals surface area (Å²) in [5.74, 6) is -0.431. The molecular weight excluding hydrogens is 407 g/mol. The Bertz CT molecular complexity index is 920. The van der Waals surface area contributed by atoms with Crippen LogP contribution in [0.3, 0.4) is 0 Å². The molecule has 0 spiro atoms. The first kappa shape index (κ1) is 22.3. The van der Waals surface area contributed by atoms with Gasteiger partial charge in [0.1, 0.15) is 17.4 Å². The number of carbonyl (C=O) groups is 2. The summed E-state index contributed by atoms with van der Waals surface area (Å²) in [5, 5.41) is 3.19. The number of hydrogen-bond donors (Lipinski definition) is 1. The highest BCUT2D eigenvalue weighted by atomic mass is 35.7. The number of nitrogens with zero attached hydrogens (tertiary/aromatic N) is 1. The molecule has 28 heavy (non-hydrogen) atoms. The van der Waals surface area contributed by atoms with Crippen molar-refractivity contribution in [2.45, 2.75) is 46.3 Å². The smallest absolute Gasteiger partial charge is 0.418 e. The van der Waals surface area contributed by atoms with Crippen LogP contribution in [0.2, 0.25) is 0 Å². The lowest BCUT2D eigenvalue weighted by Gasteiger charge is -2.20. The second-order valence-electron chi connectivity index (χ2n) is 7.06. The molecule has 1 heterocycles. The van der Waals surface area contributed by atoms with Crippen molar-refractivity contribution in [2.75, 3.05) is 6.61 Å². The van der Waals surface area contributed by atoms with Gasteiger partial charge in [0.2, 0.25) is 0 Å². The van der Waals surface area contributed by atoms with Crippen molar-refractivity contribution >= 4 is 41.1 Å². The number of carbonyl (C=O) groups excluding carboxylic acids is 2. The molecule has 1 unspecified atom stereocenters. The number of aromatic nitrogens is 1. The molecule has 154 valence electrons. The Morgan fingerprint density at radius 1 is 1.29 bits per heavy atom. The van der Waals surface area contributed by atoms with Gasteiger partial charge in [-0.15, -0.1) is 0 Å². The summed E-state index contributed by atoms with van der Waals surface area (Å²) < 4.78 is 29.4. The zero-order chi connectivity index (χ0) is 21.1. The Hall–Kier alpha value is -2.02. The average Bonchev–Trinajstić information content (AvgIpc) is 2.95. The fourth-order valence-electron chi connectivity index (χ4n) is 2.35. The number of rotatable bonds is 6. The summed E-state index contributed by atoms with van der Waals surface area (Å²) in [6, 6.07) is 5.60. The lowest BCUT2D eigenvalue weighted by atomic mass is 10.2. The summed E-state index contributed by atoms with van der Waals surface area (Å²) in [6.07, 6.45) is 1.02. The van der Waals surface area contributed by atoms with Gasteiger partial charge in [-0.3, -0.25) is 9.36 Å². The van der Waals surface area contributed by atoms with E-state index in [-0.39, 0.29) is 12.4 Å². The van der Waals surface area contributed by atoms with Crippen LogP contribution in [-0.2, 0) is 18.8 Å². The van der Waals surface area contributed by atoms with Crippen molar-refractivity contribution in [3.63, 3.8) is 0 Å². The first-order valence-electron chi connectivity index (χ1n) is 8.70. The predicted molar refractivity (Wildman–Crippen MR) is 107 cm³/mol. The van der Waals surface area contributed by atoms with E-state index in [1.807, 2.05) is 0 Å². The molecule has 1 aromatic carbocycles. The standard InChI is InChI=1S/C18H24ClN2O6P/c1-6-25-16(22)12(2)20-28(19,24)27-14-8-7-13-9-10-21(15(13)11-14)17(23)26-18(3,4)5/h7-12H,6H2,1-5H3,(H,20,24)/t12-,28?/m0/s1. The third-order valence-electron chi connectivity index (χ3n) is 3.47. The van der Waals surface area contributed by atoms with E-state index < -0.39 is 30.6 Å². The van der Waals surface area contributed by atoms with Gasteiger partial charge in [-0.05, 0) is 52.8 Å². The van der Waals surface area contributed by atoms with Crippen molar-refractivity contribution < 1.29 is 28.2 Å².